The third kappa shape index (κ3) is 2.44. The van der Waals surface area contributed by atoms with Crippen molar-refractivity contribution in [2.75, 3.05) is 5.32 Å². The molecule has 2 aromatic rings. The van der Waals surface area contributed by atoms with Crippen LogP contribution in [0.1, 0.15) is 41.3 Å². The average Bonchev–Trinajstić information content (AvgIpc) is 2.85. The molecule has 0 aliphatic heterocycles. The molecule has 100 valence electrons. The van der Waals surface area contributed by atoms with Gasteiger partial charge in [0.15, 0.2) is 0 Å². The molecule has 1 aromatic heterocycles. The Kier molecular flexibility index (Phi) is 3.40. The van der Waals surface area contributed by atoms with Gasteiger partial charge in [-0.1, -0.05) is 15.9 Å². The largest absolute Gasteiger partial charge is 0.469 e. The van der Waals surface area contributed by atoms with Crippen LogP contribution in [0.4, 0.5) is 5.69 Å². The molecule has 0 fully saturated rings. The average molecular weight is 320 g/mol. The molecular formula is C16H18BrNO. The van der Waals surface area contributed by atoms with E-state index in [4.69, 9.17) is 4.42 Å². The van der Waals surface area contributed by atoms with Crippen LogP contribution in [-0.4, -0.2) is 0 Å². The fraction of sp³-hybridized carbons (Fsp3) is 0.375. The van der Waals surface area contributed by atoms with Gasteiger partial charge in [0, 0.05) is 22.1 Å². The van der Waals surface area contributed by atoms with Gasteiger partial charge >= 0.3 is 0 Å². The Bertz CT molecular complexity index is 580. The molecule has 1 aromatic carbocycles. The predicted octanol–water partition coefficient (Wildman–Crippen LogP) is 5.15. The summed E-state index contributed by atoms with van der Waals surface area (Å²) in [4.78, 5) is 0. The third-order valence-electron chi connectivity index (χ3n) is 3.83. The Morgan fingerprint density at radius 1 is 1.26 bits per heavy atom. The molecule has 2 nitrogen and oxygen atoms in total. The van der Waals surface area contributed by atoms with Gasteiger partial charge in [-0.2, -0.15) is 0 Å². The SMILES string of the molecule is Cc1cc(NC2CCCc3occc32)cc(C)c1Br. The number of fused-ring (bicyclic) bond motifs is 1. The second kappa shape index (κ2) is 5.04. The van der Waals surface area contributed by atoms with Crippen LogP contribution in [0.2, 0.25) is 0 Å². The molecule has 3 heteroatoms. The molecule has 1 unspecified atom stereocenters. The number of anilines is 1. The summed E-state index contributed by atoms with van der Waals surface area (Å²) < 4.78 is 6.74. The molecule has 1 N–H and O–H groups in total. The second-order valence-corrected chi connectivity index (χ2v) is 6.11. The lowest BCUT2D eigenvalue weighted by Crippen LogP contribution is -2.16. The van der Waals surface area contributed by atoms with Gasteiger partial charge in [0.25, 0.3) is 0 Å². The van der Waals surface area contributed by atoms with Crippen LogP contribution >= 0.6 is 15.9 Å². The Balaban J connectivity index is 1.87. The maximum absolute atomic E-state index is 5.54. The molecule has 0 bridgehead atoms. The molecule has 0 saturated carbocycles. The zero-order valence-electron chi connectivity index (χ0n) is 11.3. The van der Waals surface area contributed by atoms with Gasteiger partial charge in [0.2, 0.25) is 0 Å². The Morgan fingerprint density at radius 2 is 2.00 bits per heavy atom. The molecule has 1 heterocycles. The number of aryl methyl sites for hydroxylation is 3. The van der Waals surface area contributed by atoms with Crippen LogP contribution in [0, 0.1) is 13.8 Å². The summed E-state index contributed by atoms with van der Waals surface area (Å²) >= 11 is 3.62. The van der Waals surface area contributed by atoms with Crippen molar-refractivity contribution in [2.24, 2.45) is 0 Å². The van der Waals surface area contributed by atoms with Crippen LogP contribution in [0.15, 0.2) is 33.4 Å². The van der Waals surface area contributed by atoms with E-state index in [-0.39, 0.29) is 0 Å². The topological polar surface area (TPSA) is 25.2 Å². The van der Waals surface area contributed by atoms with E-state index >= 15 is 0 Å². The van der Waals surface area contributed by atoms with Crippen LogP contribution in [0.5, 0.6) is 0 Å². The summed E-state index contributed by atoms with van der Waals surface area (Å²) in [7, 11) is 0. The highest BCUT2D eigenvalue weighted by atomic mass is 79.9. The van der Waals surface area contributed by atoms with E-state index in [9.17, 15) is 0 Å². The van der Waals surface area contributed by atoms with E-state index in [0.29, 0.717) is 6.04 Å². The van der Waals surface area contributed by atoms with E-state index in [1.54, 1.807) is 0 Å². The summed E-state index contributed by atoms with van der Waals surface area (Å²) in [5.74, 6) is 1.15. The first-order valence-corrected chi connectivity index (χ1v) is 7.54. The minimum atomic E-state index is 0.377. The summed E-state index contributed by atoms with van der Waals surface area (Å²) in [5.41, 5.74) is 5.05. The number of nitrogens with one attached hydrogen (secondary N) is 1. The molecule has 1 aliphatic rings. The highest BCUT2D eigenvalue weighted by molar-refractivity contribution is 9.10. The lowest BCUT2D eigenvalue weighted by Gasteiger charge is -2.24. The number of hydrogen-bond donors (Lipinski definition) is 1. The van der Waals surface area contributed by atoms with Gasteiger partial charge in [-0.25, -0.2) is 0 Å². The standard InChI is InChI=1S/C16H18BrNO/c1-10-8-12(9-11(2)16(10)17)18-14-4-3-5-15-13(14)6-7-19-15/h6-9,14,18H,3-5H2,1-2H3. The second-order valence-electron chi connectivity index (χ2n) is 5.31. The molecule has 1 aliphatic carbocycles. The zero-order chi connectivity index (χ0) is 13.4. The van der Waals surface area contributed by atoms with Crippen LogP contribution in [0.25, 0.3) is 0 Å². The van der Waals surface area contributed by atoms with Crippen molar-refractivity contribution in [1.82, 2.24) is 0 Å². The fourth-order valence-electron chi connectivity index (χ4n) is 2.87. The minimum Gasteiger partial charge on any atom is -0.469 e. The molecular weight excluding hydrogens is 302 g/mol. The first kappa shape index (κ1) is 12.8. The quantitative estimate of drug-likeness (QED) is 0.828. The van der Waals surface area contributed by atoms with Gasteiger partial charge < -0.3 is 9.73 Å². The van der Waals surface area contributed by atoms with Crippen LogP contribution < -0.4 is 5.32 Å². The molecule has 3 rings (SSSR count). The van der Waals surface area contributed by atoms with Crippen molar-refractivity contribution in [1.29, 1.82) is 0 Å². The highest BCUT2D eigenvalue weighted by Gasteiger charge is 2.22. The van der Waals surface area contributed by atoms with E-state index in [2.05, 4.69) is 53.3 Å². The number of hydrogen-bond acceptors (Lipinski definition) is 2. The van der Waals surface area contributed by atoms with Crippen molar-refractivity contribution in [2.45, 2.75) is 39.2 Å². The number of benzene rings is 1. The van der Waals surface area contributed by atoms with E-state index in [1.165, 1.54) is 39.7 Å². The van der Waals surface area contributed by atoms with E-state index in [1.807, 2.05) is 6.26 Å². The molecule has 0 saturated heterocycles. The summed E-state index contributed by atoms with van der Waals surface area (Å²) in [5, 5.41) is 3.65. The number of rotatable bonds is 2. The maximum atomic E-state index is 5.54. The molecule has 19 heavy (non-hydrogen) atoms. The molecule has 0 radical (unpaired) electrons. The maximum Gasteiger partial charge on any atom is 0.109 e. The molecule has 0 amide bonds. The van der Waals surface area contributed by atoms with Gasteiger partial charge in [-0.3, -0.25) is 0 Å². The van der Waals surface area contributed by atoms with Crippen molar-refractivity contribution in [3.05, 3.63) is 51.4 Å². The van der Waals surface area contributed by atoms with E-state index in [0.717, 1.165) is 12.2 Å². The fourth-order valence-corrected chi connectivity index (χ4v) is 3.10. The normalized spacial score (nSPS) is 18.2. The Hall–Kier alpha value is -1.22. The van der Waals surface area contributed by atoms with Crippen molar-refractivity contribution in [3.63, 3.8) is 0 Å². The van der Waals surface area contributed by atoms with Gasteiger partial charge in [-0.15, -0.1) is 0 Å². The first-order chi connectivity index (χ1) is 9.15. The monoisotopic (exact) mass is 319 g/mol. The lowest BCUT2D eigenvalue weighted by molar-refractivity contribution is 0.461. The lowest BCUT2D eigenvalue weighted by atomic mass is 9.93. The first-order valence-electron chi connectivity index (χ1n) is 6.74. The summed E-state index contributed by atoms with van der Waals surface area (Å²) in [6.07, 6.45) is 5.23. The number of halogens is 1. The van der Waals surface area contributed by atoms with Crippen molar-refractivity contribution >= 4 is 21.6 Å². The number of furan rings is 1. The van der Waals surface area contributed by atoms with Crippen LogP contribution in [-0.2, 0) is 6.42 Å². The zero-order valence-corrected chi connectivity index (χ0v) is 12.9. The van der Waals surface area contributed by atoms with Gasteiger partial charge in [0.05, 0.1) is 12.3 Å². The summed E-state index contributed by atoms with van der Waals surface area (Å²) in [6.45, 7) is 4.26. The van der Waals surface area contributed by atoms with Crippen LogP contribution in [0.3, 0.4) is 0 Å². The predicted molar refractivity (Wildman–Crippen MR) is 81.6 cm³/mol. The smallest absolute Gasteiger partial charge is 0.109 e. The van der Waals surface area contributed by atoms with E-state index < -0.39 is 0 Å². The van der Waals surface area contributed by atoms with Gasteiger partial charge in [0.1, 0.15) is 5.76 Å². The summed E-state index contributed by atoms with van der Waals surface area (Å²) in [6, 6.07) is 6.88. The Labute approximate surface area is 122 Å². The highest BCUT2D eigenvalue weighted by Crippen LogP contribution is 2.34. The van der Waals surface area contributed by atoms with Crippen molar-refractivity contribution < 1.29 is 4.42 Å². The molecule has 0 spiro atoms. The molecule has 1 atom stereocenters. The van der Waals surface area contributed by atoms with Gasteiger partial charge in [-0.05, 0) is 56.0 Å². The minimum absolute atomic E-state index is 0.377. The third-order valence-corrected chi connectivity index (χ3v) is 5.08. The van der Waals surface area contributed by atoms with Crippen molar-refractivity contribution in [3.8, 4) is 0 Å². The Morgan fingerprint density at radius 3 is 2.74 bits per heavy atom.